The lowest BCUT2D eigenvalue weighted by atomic mass is 10.1. The van der Waals surface area contributed by atoms with Gasteiger partial charge in [0.05, 0.1) is 6.04 Å². The van der Waals surface area contributed by atoms with Crippen LogP contribution in [0.3, 0.4) is 0 Å². The van der Waals surface area contributed by atoms with Crippen molar-refractivity contribution in [2.24, 2.45) is 5.73 Å². The number of benzene rings is 1. The summed E-state index contributed by atoms with van der Waals surface area (Å²) in [5.74, 6) is 0.955. The number of nitrogens with two attached hydrogens (primary N) is 1. The van der Waals surface area contributed by atoms with Crippen LogP contribution >= 0.6 is 0 Å². The molecule has 90 valence electrons. The molecule has 2 aromatic rings. The third-order valence-electron chi connectivity index (χ3n) is 2.44. The average molecular weight is 234 g/mol. The molecular weight excluding hydrogens is 220 g/mol. The Morgan fingerprint density at radius 1 is 1.35 bits per heavy atom. The average Bonchev–Trinajstić information content (AvgIpc) is 2.70. The van der Waals surface area contributed by atoms with Crippen LogP contribution in [0.4, 0.5) is 0 Å². The zero-order chi connectivity index (χ0) is 12.4. The molecule has 0 bridgehead atoms. The number of nitrogens with one attached hydrogen (secondary N) is 1. The molecule has 0 radical (unpaired) electrons. The summed E-state index contributed by atoms with van der Waals surface area (Å²) in [6, 6.07) is 4.27. The molecular formula is C11H14N4O2. The van der Waals surface area contributed by atoms with Crippen molar-refractivity contribution in [2.75, 3.05) is 0 Å². The van der Waals surface area contributed by atoms with E-state index in [4.69, 9.17) is 5.73 Å². The van der Waals surface area contributed by atoms with E-state index >= 15 is 0 Å². The Kier molecular flexibility index (Phi) is 2.97. The second-order valence-corrected chi connectivity index (χ2v) is 3.91. The van der Waals surface area contributed by atoms with Gasteiger partial charge in [-0.25, -0.2) is 4.98 Å². The van der Waals surface area contributed by atoms with Gasteiger partial charge in [0.15, 0.2) is 17.3 Å². The summed E-state index contributed by atoms with van der Waals surface area (Å²) < 4.78 is 0. The van der Waals surface area contributed by atoms with Crippen molar-refractivity contribution >= 4 is 0 Å². The number of H-pyrrole nitrogens is 1. The lowest BCUT2D eigenvalue weighted by Gasteiger charge is -2.08. The monoisotopic (exact) mass is 234 g/mol. The van der Waals surface area contributed by atoms with Crippen LogP contribution in [0.5, 0.6) is 11.5 Å². The maximum Gasteiger partial charge on any atom is 0.167 e. The summed E-state index contributed by atoms with van der Waals surface area (Å²) in [5, 5.41) is 25.3. The summed E-state index contributed by atoms with van der Waals surface area (Å²) >= 11 is 0. The highest BCUT2D eigenvalue weighted by atomic mass is 16.3. The molecule has 0 spiro atoms. The first kappa shape index (κ1) is 11.4. The van der Waals surface area contributed by atoms with Crippen molar-refractivity contribution in [3.8, 4) is 11.5 Å². The molecule has 1 atom stereocenters. The van der Waals surface area contributed by atoms with Gasteiger partial charge in [-0.3, -0.25) is 5.10 Å². The molecule has 0 aliphatic rings. The number of hydrogen-bond donors (Lipinski definition) is 4. The number of hydrogen-bond acceptors (Lipinski definition) is 5. The molecule has 17 heavy (non-hydrogen) atoms. The molecule has 0 aliphatic heterocycles. The van der Waals surface area contributed by atoms with Crippen molar-refractivity contribution in [1.82, 2.24) is 15.2 Å². The van der Waals surface area contributed by atoms with Crippen molar-refractivity contribution in [3.63, 3.8) is 0 Å². The number of aromatic nitrogens is 3. The van der Waals surface area contributed by atoms with Gasteiger partial charge >= 0.3 is 0 Å². The normalized spacial score (nSPS) is 12.6. The first-order chi connectivity index (χ1) is 8.06. The molecule has 0 saturated heterocycles. The Hall–Kier alpha value is -2.08. The first-order valence-corrected chi connectivity index (χ1v) is 5.21. The number of phenols is 2. The van der Waals surface area contributed by atoms with E-state index in [1.54, 1.807) is 13.0 Å². The summed E-state index contributed by atoms with van der Waals surface area (Å²) in [7, 11) is 0. The Morgan fingerprint density at radius 3 is 2.71 bits per heavy atom. The topological polar surface area (TPSA) is 108 Å². The largest absolute Gasteiger partial charge is 0.504 e. The fourth-order valence-electron chi connectivity index (χ4n) is 1.57. The summed E-state index contributed by atoms with van der Waals surface area (Å²) in [4.78, 5) is 4.14. The van der Waals surface area contributed by atoms with E-state index in [0.29, 0.717) is 18.1 Å². The van der Waals surface area contributed by atoms with Gasteiger partial charge in [0.25, 0.3) is 0 Å². The van der Waals surface area contributed by atoms with Crippen molar-refractivity contribution in [1.29, 1.82) is 0 Å². The lowest BCUT2D eigenvalue weighted by Crippen LogP contribution is -2.15. The molecule has 6 nitrogen and oxygen atoms in total. The maximum absolute atomic E-state index is 9.36. The minimum absolute atomic E-state index is 0.143. The first-order valence-electron chi connectivity index (χ1n) is 5.21. The molecule has 1 unspecified atom stereocenters. The number of phenolic OH excluding ortho intramolecular Hbond substituents is 2. The molecule has 0 aliphatic carbocycles. The van der Waals surface area contributed by atoms with Crippen LogP contribution < -0.4 is 5.73 Å². The van der Waals surface area contributed by atoms with E-state index in [-0.39, 0.29) is 17.5 Å². The maximum atomic E-state index is 9.36. The van der Waals surface area contributed by atoms with E-state index < -0.39 is 0 Å². The SMILES string of the molecule is Cc1nc(C(N)Cc2ccc(O)c(O)c2)n[nH]1. The van der Waals surface area contributed by atoms with E-state index in [2.05, 4.69) is 15.2 Å². The van der Waals surface area contributed by atoms with Crippen molar-refractivity contribution in [2.45, 2.75) is 19.4 Å². The second kappa shape index (κ2) is 4.42. The van der Waals surface area contributed by atoms with Gasteiger partial charge in [-0.1, -0.05) is 6.07 Å². The summed E-state index contributed by atoms with van der Waals surface area (Å²) in [6.07, 6.45) is 0.491. The van der Waals surface area contributed by atoms with Crippen LogP contribution in [0.15, 0.2) is 18.2 Å². The molecule has 1 aromatic carbocycles. The lowest BCUT2D eigenvalue weighted by molar-refractivity contribution is 0.403. The Bertz CT molecular complexity index is 524. The quantitative estimate of drug-likeness (QED) is 0.586. The molecule has 2 rings (SSSR count). The predicted molar refractivity (Wildman–Crippen MR) is 61.5 cm³/mol. The van der Waals surface area contributed by atoms with Crippen LogP contribution in [-0.4, -0.2) is 25.4 Å². The summed E-state index contributed by atoms with van der Waals surface area (Å²) in [5.41, 5.74) is 6.75. The zero-order valence-corrected chi connectivity index (χ0v) is 9.38. The van der Waals surface area contributed by atoms with Crippen LogP contribution in [0.25, 0.3) is 0 Å². The van der Waals surface area contributed by atoms with Crippen molar-refractivity contribution in [3.05, 3.63) is 35.4 Å². The highest BCUT2D eigenvalue weighted by molar-refractivity contribution is 5.40. The van der Waals surface area contributed by atoms with E-state index in [9.17, 15) is 10.2 Å². The van der Waals surface area contributed by atoms with Crippen LogP contribution in [-0.2, 0) is 6.42 Å². The van der Waals surface area contributed by atoms with E-state index in [0.717, 1.165) is 5.56 Å². The highest BCUT2D eigenvalue weighted by Gasteiger charge is 2.12. The number of rotatable bonds is 3. The molecule has 6 heteroatoms. The van der Waals surface area contributed by atoms with Gasteiger partial charge in [-0.15, -0.1) is 0 Å². The number of aromatic hydroxyl groups is 2. The van der Waals surface area contributed by atoms with Crippen molar-refractivity contribution < 1.29 is 10.2 Å². The molecule has 5 N–H and O–H groups in total. The van der Waals surface area contributed by atoms with Crippen LogP contribution in [0.1, 0.15) is 23.3 Å². The fraction of sp³-hybridized carbons (Fsp3) is 0.273. The minimum Gasteiger partial charge on any atom is -0.504 e. The minimum atomic E-state index is -0.344. The highest BCUT2D eigenvalue weighted by Crippen LogP contribution is 2.26. The van der Waals surface area contributed by atoms with Crippen LogP contribution in [0, 0.1) is 6.92 Å². The Morgan fingerprint density at radius 2 is 2.12 bits per heavy atom. The van der Waals surface area contributed by atoms with Gasteiger partial charge in [-0.05, 0) is 31.0 Å². The van der Waals surface area contributed by atoms with E-state index in [1.807, 2.05) is 0 Å². The molecule has 1 heterocycles. The van der Waals surface area contributed by atoms with Gasteiger partial charge in [0.1, 0.15) is 5.82 Å². The van der Waals surface area contributed by atoms with Gasteiger partial charge < -0.3 is 15.9 Å². The number of aromatic amines is 1. The molecule has 1 aromatic heterocycles. The van der Waals surface area contributed by atoms with Gasteiger partial charge in [0, 0.05) is 0 Å². The Balaban J connectivity index is 2.12. The summed E-state index contributed by atoms with van der Waals surface area (Å²) in [6.45, 7) is 1.80. The third-order valence-corrected chi connectivity index (χ3v) is 2.44. The molecule has 0 fully saturated rings. The fourth-order valence-corrected chi connectivity index (χ4v) is 1.57. The molecule has 0 amide bonds. The predicted octanol–water partition coefficient (Wildman–Crippen LogP) is 0.767. The Labute approximate surface area is 98.1 Å². The van der Waals surface area contributed by atoms with Gasteiger partial charge in [-0.2, -0.15) is 5.10 Å². The standard InChI is InChI=1S/C11H14N4O2/c1-6-13-11(15-14-6)8(12)4-7-2-3-9(16)10(17)5-7/h2-3,5,8,16-17H,4,12H2,1H3,(H,13,14,15). The zero-order valence-electron chi connectivity index (χ0n) is 9.38. The molecule has 0 saturated carbocycles. The number of nitrogens with zero attached hydrogens (tertiary/aromatic N) is 2. The van der Waals surface area contributed by atoms with E-state index in [1.165, 1.54) is 12.1 Å². The van der Waals surface area contributed by atoms with Crippen LogP contribution in [0.2, 0.25) is 0 Å². The smallest absolute Gasteiger partial charge is 0.167 e. The third kappa shape index (κ3) is 2.54. The second-order valence-electron chi connectivity index (χ2n) is 3.91. The van der Waals surface area contributed by atoms with Gasteiger partial charge in [0.2, 0.25) is 0 Å². The number of aryl methyl sites for hydroxylation is 1.